The van der Waals surface area contributed by atoms with Crippen molar-refractivity contribution in [3.05, 3.63) is 35.9 Å². The topological polar surface area (TPSA) is 121 Å². The predicted octanol–water partition coefficient (Wildman–Crippen LogP) is 2.44. The first-order valence-electron chi connectivity index (χ1n) is 9.52. The van der Waals surface area contributed by atoms with Gasteiger partial charge in [0.2, 0.25) is 5.91 Å². The van der Waals surface area contributed by atoms with Crippen LogP contribution >= 0.6 is 0 Å². The summed E-state index contributed by atoms with van der Waals surface area (Å²) in [5, 5.41) is 15.1. The Kier molecular flexibility index (Phi) is 4.08. The molecule has 1 aliphatic rings. The lowest BCUT2D eigenvalue weighted by molar-refractivity contribution is -0.124. The first-order chi connectivity index (χ1) is 14.2. The van der Waals surface area contributed by atoms with Gasteiger partial charge < -0.3 is 20.4 Å². The van der Waals surface area contributed by atoms with Crippen LogP contribution in [0.25, 0.3) is 21.9 Å². The lowest BCUT2D eigenvalue weighted by atomic mass is 9.86. The van der Waals surface area contributed by atoms with E-state index >= 15 is 0 Å². The van der Waals surface area contributed by atoms with Crippen LogP contribution in [0.2, 0.25) is 0 Å². The van der Waals surface area contributed by atoms with E-state index in [4.69, 9.17) is 4.74 Å². The highest BCUT2D eigenvalue weighted by Gasteiger charge is 2.28. The Bertz CT molecular complexity index is 1230. The maximum atomic E-state index is 12.2. The van der Waals surface area contributed by atoms with Crippen LogP contribution in [-0.2, 0) is 17.6 Å². The molecular formula is C20H21N7O2. The highest BCUT2D eigenvalue weighted by molar-refractivity contribution is 5.96. The van der Waals surface area contributed by atoms with Crippen LogP contribution in [0.3, 0.4) is 0 Å². The van der Waals surface area contributed by atoms with Gasteiger partial charge >= 0.3 is 0 Å². The Hall–Kier alpha value is -3.62. The zero-order valence-electron chi connectivity index (χ0n) is 16.2. The minimum absolute atomic E-state index is 0.0450. The fraction of sp³-hybridized carbons (Fsp3) is 0.300. The number of methoxy groups -OCH3 is 1. The summed E-state index contributed by atoms with van der Waals surface area (Å²) in [6.45, 7) is 0. The fourth-order valence-corrected chi connectivity index (χ4v) is 4.13. The highest BCUT2D eigenvalue weighted by atomic mass is 16.5. The molecule has 1 atom stereocenters. The molecule has 3 aromatic heterocycles. The van der Waals surface area contributed by atoms with E-state index in [2.05, 4.69) is 35.8 Å². The number of fused-ring (bicyclic) bond motifs is 4. The van der Waals surface area contributed by atoms with Crippen LogP contribution in [0.15, 0.2) is 24.7 Å². The number of carbonyl (C=O) groups is 1. The number of aromatic amines is 2. The number of aromatic nitrogens is 5. The molecule has 0 saturated heterocycles. The number of anilines is 2. The smallest absolute Gasteiger partial charge is 0.223 e. The molecule has 148 valence electrons. The van der Waals surface area contributed by atoms with Crippen molar-refractivity contribution < 1.29 is 9.53 Å². The van der Waals surface area contributed by atoms with Crippen LogP contribution in [-0.4, -0.2) is 45.2 Å². The van der Waals surface area contributed by atoms with Gasteiger partial charge in [0, 0.05) is 30.1 Å². The largest absolute Gasteiger partial charge is 0.494 e. The van der Waals surface area contributed by atoms with Gasteiger partial charge in [0.15, 0.2) is 0 Å². The van der Waals surface area contributed by atoms with Crippen molar-refractivity contribution in [3.63, 3.8) is 0 Å². The van der Waals surface area contributed by atoms with Crippen LogP contribution in [0.1, 0.15) is 17.7 Å². The molecule has 1 aromatic carbocycles. The number of carbonyl (C=O) groups excluding carboxylic acids is 1. The van der Waals surface area contributed by atoms with Crippen molar-refractivity contribution in [3.8, 4) is 5.75 Å². The molecule has 1 amide bonds. The average Bonchev–Trinajstić information content (AvgIpc) is 3.36. The van der Waals surface area contributed by atoms with E-state index in [0.717, 1.165) is 51.7 Å². The van der Waals surface area contributed by atoms with Crippen LogP contribution in [0.4, 0.5) is 11.5 Å². The van der Waals surface area contributed by atoms with Crippen molar-refractivity contribution >= 4 is 39.3 Å². The first kappa shape index (κ1) is 17.5. The SMILES string of the molecule is CNC(=O)C1CCc2[nH]c3ncnc(Nc4cc5cn[nH]c5cc4OC)c3c2C1. The van der Waals surface area contributed by atoms with E-state index in [1.165, 1.54) is 6.33 Å². The minimum atomic E-state index is -0.0450. The molecule has 0 fully saturated rings. The summed E-state index contributed by atoms with van der Waals surface area (Å²) in [6.07, 6.45) is 5.59. The van der Waals surface area contributed by atoms with E-state index in [0.29, 0.717) is 18.0 Å². The molecule has 9 nitrogen and oxygen atoms in total. The molecule has 0 spiro atoms. The first-order valence-corrected chi connectivity index (χ1v) is 9.52. The van der Waals surface area contributed by atoms with Crippen molar-refractivity contribution in [2.75, 3.05) is 19.5 Å². The number of H-pyrrole nitrogens is 2. The van der Waals surface area contributed by atoms with Gasteiger partial charge in [-0.25, -0.2) is 9.97 Å². The molecule has 5 rings (SSSR count). The summed E-state index contributed by atoms with van der Waals surface area (Å²) in [6, 6.07) is 3.87. The van der Waals surface area contributed by atoms with Crippen molar-refractivity contribution in [1.29, 1.82) is 0 Å². The number of amides is 1. The van der Waals surface area contributed by atoms with Gasteiger partial charge in [-0.2, -0.15) is 5.10 Å². The molecule has 1 unspecified atom stereocenters. The maximum Gasteiger partial charge on any atom is 0.223 e. The summed E-state index contributed by atoms with van der Waals surface area (Å²) in [5.74, 6) is 1.40. The normalized spacial score (nSPS) is 16.0. The standard InChI is InChI=1S/C20H21N7O2/c1-21-20(28)10-3-4-13-12(5-10)17-18(25-13)22-9-23-19(17)26-15-6-11-8-24-27-14(11)7-16(15)29-2/h6-10H,3-5H2,1-2H3,(H,21,28)(H,24,27)(H2,22,23,25,26). The number of hydrogen-bond donors (Lipinski definition) is 4. The van der Waals surface area contributed by atoms with Gasteiger partial charge in [0.05, 0.1) is 29.9 Å². The summed E-state index contributed by atoms with van der Waals surface area (Å²) in [7, 11) is 3.31. The Morgan fingerprint density at radius 3 is 3.03 bits per heavy atom. The second kappa shape index (κ2) is 6.77. The summed E-state index contributed by atoms with van der Waals surface area (Å²) in [5.41, 5.74) is 4.68. The van der Waals surface area contributed by atoms with E-state index in [1.807, 2.05) is 12.1 Å². The molecule has 29 heavy (non-hydrogen) atoms. The Balaban J connectivity index is 1.60. The number of nitrogens with zero attached hydrogens (tertiary/aromatic N) is 3. The van der Waals surface area contributed by atoms with Gasteiger partial charge in [-0.3, -0.25) is 9.89 Å². The van der Waals surface area contributed by atoms with Gasteiger partial charge in [-0.15, -0.1) is 0 Å². The van der Waals surface area contributed by atoms with Crippen LogP contribution in [0.5, 0.6) is 5.75 Å². The zero-order valence-corrected chi connectivity index (χ0v) is 16.2. The van der Waals surface area contributed by atoms with Crippen LogP contribution < -0.4 is 15.4 Å². The monoisotopic (exact) mass is 391 g/mol. The van der Waals surface area contributed by atoms with E-state index in [-0.39, 0.29) is 11.8 Å². The number of rotatable bonds is 4. The fourth-order valence-electron chi connectivity index (χ4n) is 4.13. The Morgan fingerprint density at radius 2 is 2.21 bits per heavy atom. The van der Waals surface area contributed by atoms with E-state index in [1.54, 1.807) is 20.4 Å². The van der Waals surface area contributed by atoms with Crippen molar-refractivity contribution in [2.24, 2.45) is 5.92 Å². The molecule has 4 aromatic rings. The lowest BCUT2D eigenvalue weighted by Gasteiger charge is -2.21. The second-order valence-electron chi connectivity index (χ2n) is 7.22. The third-order valence-corrected chi connectivity index (χ3v) is 5.61. The summed E-state index contributed by atoms with van der Waals surface area (Å²) >= 11 is 0. The Morgan fingerprint density at radius 1 is 1.31 bits per heavy atom. The maximum absolute atomic E-state index is 12.2. The van der Waals surface area contributed by atoms with Gasteiger partial charge in [-0.1, -0.05) is 0 Å². The second-order valence-corrected chi connectivity index (χ2v) is 7.22. The quantitative estimate of drug-likeness (QED) is 0.424. The number of hydrogen-bond acceptors (Lipinski definition) is 6. The Labute approximate surface area is 166 Å². The van der Waals surface area contributed by atoms with E-state index < -0.39 is 0 Å². The molecule has 4 N–H and O–H groups in total. The van der Waals surface area contributed by atoms with Gasteiger partial charge in [0.1, 0.15) is 23.5 Å². The molecular weight excluding hydrogens is 370 g/mol. The minimum Gasteiger partial charge on any atom is -0.494 e. The lowest BCUT2D eigenvalue weighted by Crippen LogP contribution is -2.31. The molecule has 0 radical (unpaired) electrons. The summed E-state index contributed by atoms with van der Waals surface area (Å²) < 4.78 is 5.55. The third kappa shape index (κ3) is 2.86. The van der Waals surface area contributed by atoms with Crippen molar-refractivity contribution in [2.45, 2.75) is 19.3 Å². The molecule has 0 aliphatic heterocycles. The van der Waals surface area contributed by atoms with Gasteiger partial charge in [0.25, 0.3) is 0 Å². The average molecular weight is 391 g/mol. The molecule has 1 aliphatic carbocycles. The number of benzene rings is 1. The molecule has 0 bridgehead atoms. The van der Waals surface area contributed by atoms with Crippen molar-refractivity contribution in [1.82, 2.24) is 30.5 Å². The number of aryl methyl sites for hydroxylation is 1. The zero-order chi connectivity index (χ0) is 20.0. The highest BCUT2D eigenvalue weighted by Crippen LogP contribution is 2.37. The van der Waals surface area contributed by atoms with Gasteiger partial charge in [-0.05, 0) is 30.9 Å². The predicted molar refractivity (Wildman–Crippen MR) is 109 cm³/mol. The molecule has 9 heteroatoms. The third-order valence-electron chi connectivity index (χ3n) is 5.61. The van der Waals surface area contributed by atoms with E-state index in [9.17, 15) is 4.79 Å². The number of nitrogens with one attached hydrogen (secondary N) is 4. The molecule has 0 saturated carbocycles. The summed E-state index contributed by atoms with van der Waals surface area (Å²) in [4.78, 5) is 24.5. The van der Waals surface area contributed by atoms with Crippen LogP contribution in [0, 0.1) is 5.92 Å². The molecule has 3 heterocycles. The number of ether oxygens (including phenoxy) is 1.